The van der Waals surface area contributed by atoms with Crippen LogP contribution in [0.4, 0.5) is 9.59 Å². The van der Waals surface area contributed by atoms with Gasteiger partial charge in [-0.05, 0) is 72.5 Å². The zero-order chi connectivity index (χ0) is 27.4. The Hall–Kier alpha value is -3.35. The van der Waals surface area contributed by atoms with E-state index in [4.69, 9.17) is 9.47 Å². The highest BCUT2D eigenvalue weighted by molar-refractivity contribution is 14.1. The number of alkyl carbamates (subject to hydrolysis) is 2. The molecule has 1 aliphatic carbocycles. The lowest BCUT2D eigenvalue weighted by Gasteiger charge is -2.25. The number of carbonyl (C=O) groups excluding carboxylic acids is 3. The van der Waals surface area contributed by atoms with Gasteiger partial charge in [0.25, 0.3) is 0 Å². The Balaban J connectivity index is 1.69. The van der Waals surface area contributed by atoms with Crippen LogP contribution in [0.2, 0.25) is 0 Å². The van der Waals surface area contributed by atoms with E-state index in [1.807, 2.05) is 48.5 Å². The van der Waals surface area contributed by atoms with Gasteiger partial charge >= 0.3 is 18.2 Å². The largest absolute Gasteiger partial charge is 0.479 e. The van der Waals surface area contributed by atoms with Gasteiger partial charge in [-0.3, -0.25) is 4.79 Å². The molecule has 0 bridgehead atoms. The fraction of sp³-hybridized carbons (Fsp3) is 0.385. The average molecular weight is 623 g/mol. The number of carbonyl (C=O) groups is 4. The first kappa shape index (κ1) is 28.2. The van der Waals surface area contributed by atoms with Gasteiger partial charge in [0.1, 0.15) is 18.2 Å². The fourth-order valence-electron chi connectivity index (χ4n) is 3.86. The molecule has 1 aliphatic rings. The molecule has 3 amide bonds. The second-order valence-corrected chi connectivity index (χ2v) is 11.9. The Morgan fingerprint density at radius 3 is 2.00 bits per heavy atom. The second kappa shape index (κ2) is 11.4. The van der Waals surface area contributed by atoms with Gasteiger partial charge in [0.2, 0.25) is 5.91 Å². The van der Waals surface area contributed by atoms with Crippen LogP contribution >= 0.6 is 22.6 Å². The number of aliphatic carboxylic acids is 1. The topological polar surface area (TPSA) is 143 Å². The molecule has 0 spiro atoms. The van der Waals surface area contributed by atoms with Crippen LogP contribution in [0.5, 0.6) is 0 Å². The Kier molecular flexibility index (Phi) is 8.67. The van der Waals surface area contributed by atoms with E-state index in [0.717, 1.165) is 22.3 Å². The SMILES string of the molecule is CC(C)(C)OC(=O)NCC(NC(=O)OCC1c2ccccc2-c2ccccc21)C(=O)NC(C)(I)C(=O)O. The molecule has 0 aromatic heterocycles. The molecule has 0 fully saturated rings. The van der Waals surface area contributed by atoms with Gasteiger partial charge in [-0.2, -0.15) is 0 Å². The minimum atomic E-state index is -1.64. The summed E-state index contributed by atoms with van der Waals surface area (Å²) in [5, 5.41) is 16.5. The highest BCUT2D eigenvalue weighted by atomic mass is 127. The summed E-state index contributed by atoms with van der Waals surface area (Å²) in [5.41, 5.74) is 3.42. The molecule has 2 aromatic carbocycles. The third-order valence-corrected chi connectivity index (χ3v) is 6.29. The van der Waals surface area contributed by atoms with Crippen LogP contribution in [0.1, 0.15) is 44.7 Å². The zero-order valence-electron chi connectivity index (χ0n) is 21.0. The Morgan fingerprint density at radius 2 is 1.49 bits per heavy atom. The minimum absolute atomic E-state index is 0.0207. The van der Waals surface area contributed by atoms with Crippen molar-refractivity contribution >= 4 is 46.7 Å². The molecule has 4 N–H and O–H groups in total. The van der Waals surface area contributed by atoms with Gasteiger partial charge in [-0.15, -0.1) is 0 Å². The van der Waals surface area contributed by atoms with Gasteiger partial charge in [0.15, 0.2) is 3.55 Å². The van der Waals surface area contributed by atoms with Crippen molar-refractivity contribution in [3.05, 3.63) is 59.7 Å². The van der Waals surface area contributed by atoms with Crippen LogP contribution in [0.15, 0.2) is 48.5 Å². The first-order valence-electron chi connectivity index (χ1n) is 11.6. The summed E-state index contributed by atoms with van der Waals surface area (Å²) in [6, 6.07) is 14.4. The van der Waals surface area contributed by atoms with Crippen LogP contribution in [-0.2, 0) is 19.1 Å². The van der Waals surface area contributed by atoms with E-state index in [0.29, 0.717) is 0 Å². The normalized spacial score (nSPS) is 14.8. The van der Waals surface area contributed by atoms with E-state index in [-0.39, 0.29) is 19.1 Å². The predicted molar refractivity (Wildman–Crippen MR) is 144 cm³/mol. The molecule has 0 saturated carbocycles. The monoisotopic (exact) mass is 623 g/mol. The number of carboxylic acid groups (broad SMARTS) is 1. The molecule has 2 unspecified atom stereocenters. The summed E-state index contributed by atoms with van der Waals surface area (Å²) in [5.74, 6) is -2.28. The third-order valence-electron chi connectivity index (χ3n) is 5.56. The number of carboxylic acids is 1. The van der Waals surface area contributed by atoms with E-state index in [1.165, 1.54) is 6.92 Å². The average Bonchev–Trinajstić information content (AvgIpc) is 3.12. The van der Waals surface area contributed by atoms with Gasteiger partial charge < -0.3 is 30.5 Å². The number of amides is 3. The standard InChI is InChI=1S/C26H30IN3O7/c1-25(2,3)37-23(34)28-13-20(21(31)30-26(4,27)22(32)33)29-24(35)36-14-19-17-11-7-5-9-15(17)16-10-6-8-12-18(16)19/h5-12,19-20H,13-14H2,1-4H3,(H,28,34)(H,29,35)(H,30,31)(H,32,33). The number of fused-ring (bicyclic) bond motifs is 3. The van der Waals surface area contributed by atoms with Crippen LogP contribution in [0, 0.1) is 0 Å². The number of halogens is 1. The number of ether oxygens (including phenoxy) is 2. The highest BCUT2D eigenvalue weighted by Crippen LogP contribution is 2.44. The van der Waals surface area contributed by atoms with E-state index in [2.05, 4.69) is 16.0 Å². The quantitative estimate of drug-likeness (QED) is 0.199. The van der Waals surface area contributed by atoms with Crippen molar-refractivity contribution in [2.24, 2.45) is 0 Å². The molecule has 198 valence electrons. The maximum Gasteiger partial charge on any atom is 0.407 e. The fourth-order valence-corrected chi connectivity index (χ4v) is 4.13. The number of alkyl halides is 1. The smallest absolute Gasteiger partial charge is 0.407 e. The lowest BCUT2D eigenvalue weighted by molar-refractivity contribution is -0.142. The van der Waals surface area contributed by atoms with Crippen molar-refractivity contribution < 1.29 is 33.8 Å². The Morgan fingerprint density at radius 1 is 0.946 bits per heavy atom. The highest BCUT2D eigenvalue weighted by Gasteiger charge is 2.35. The molecule has 0 heterocycles. The maximum absolute atomic E-state index is 12.8. The van der Waals surface area contributed by atoms with Crippen molar-refractivity contribution in [1.29, 1.82) is 0 Å². The van der Waals surface area contributed by atoms with Crippen LogP contribution in [0.25, 0.3) is 11.1 Å². The molecular formula is C26H30IN3O7. The van der Waals surface area contributed by atoms with Crippen LogP contribution in [0.3, 0.4) is 0 Å². The third kappa shape index (κ3) is 7.34. The van der Waals surface area contributed by atoms with E-state index in [9.17, 15) is 24.3 Å². The number of benzene rings is 2. The molecule has 0 radical (unpaired) electrons. The molecular weight excluding hydrogens is 593 g/mol. The Labute approximate surface area is 228 Å². The van der Waals surface area contributed by atoms with Gasteiger partial charge in [-0.1, -0.05) is 48.5 Å². The summed E-state index contributed by atoms with van der Waals surface area (Å²) < 4.78 is 9.03. The minimum Gasteiger partial charge on any atom is -0.479 e. The molecule has 2 atom stereocenters. The predicted octanol–water partition coefficient (Wildman–Crippen LogP) is 3.77. The molecule has 0 aliphatic heterocycles. The van der Waals surface area contributed by atoms with Crippen LogP contribution < -0.4 is 16.0 Å². The molecule has 3 rings (SSSR count). The van der Waals surface area contributed by atoms with Crippen molar-refractivity contribution in [1.82, 2.24) is 16.0 Å². The summed E-state index contributed by atoms with van der Waals surface area (Å²) >= 11 is 1.56. The van der Waals surface area contributed by atoms with Gasteiger partial charge in [0, 0.05) is 5.92 Å². The molecule has 2 aromatic rings. The Bertz CT molecular complexity index is 1150. The van der Waals surface area contributed by atoms with E-state index in [1.54, 1.807) is 43.4 Å². The summed E-state index contributed by atoms with van der Waals surface area (Å²) in [4.78, 5) is 49.1. The van der Waals surface area contributed by atoms with Gasteiger partial charge in [-0.25, -0.2) is 14.4 Å². The number of hydrogen-bond donors (Lipinski definition) is 4. The first-order chi connectivity index (χ1) is 17.3. The summed E-state index contributed by atoms with van der Waals surface area (Å²) in [6.07, 6.45) is -1.69. The molecule has 0 saturated heterocycles. The van der Waals surface area contributed by atoms with Gasteiger partial charge in [0.05, 0.1) is 6.54 Å². The second-order valence-electron chi connectivity index (χ2n) is 9.70. The lowest BCUT2D eigenvalue weighted by Crippen LogP contribution is -2.58. The zero-order valence-corrected chi connectivity index (χ0v) is 23.1. The van der Waals surface area contributed by atoms with Crippen molar-refractivity contribution in [3.63, 3.8) is 0 Å². The molecule has 11 heteroatoms. The van der Waals surface area contributed by atoms with Crippen molar-refractivity contribution in [3.8, 4) is 11.1 Å². The lowest BCUT2D eigenvalue weighted by atomic mass is 9.98. The van der Waals surface area contributed by atoms with E-state index < -0.39 is 39.3 Å². The van der Waals surface area contributed by atoms with Crippen molar-refractivity contribution in [2.75, 3.05) is 13.2 Å². The number of rotatable bonds is 8. The first-order valence-corrected chi connectivity index (χ1v) is 12.7. The molecule has 10 nitrogen and oxygen atoms in total. The summed E-state index contributed by atoms with van der Waals surface area (Å²) in [6.45, 7) is 6.00. The summed E-state index contributed by atoms with van der Waals surface area (Å²) in [7, 11) is 0. The van der Waals surface area contributed by atoms with Crippen molar-refractivity contribution in [2.45, 2.75) is 48.8 Å². The van der Waals surface area contributed by atoms with E-state index >= 15 is 0 Å². The maximum atomic E-state index is 12.8. The number of hydrogen-bond acceptors (Lipinski definition) is 6. The van der Waals surface area contributed by atoms with Crippen LogP contribution in [-0.4, -0.2) is 57.5 Å². The number of nitrogens with one attached hydrogen (secondary N) is 3. The molecule has 37 heavy (non-hydrogen) atoms.